The SMILES string of the molecule is CCCNC1CC(Oc2ccc(I)cc2)C1. The van der Waals surface area contributed by atoms with E-state index in [0.717, 1.165) is 25.1 Å². The second kappa shape index (κ2) is 5.87. The minimum Gasteiger partial charge on any atom is -0.490 e. The fraction of sp³-hybridized carbons (Fsp3) is 0.538. The minimum absolute atomic E-state index is 0.411. The maximum Gasteiger partial charge on any atom is 0.119 e. The zero-order valence-corrected chi connectivity index (χ0v) is 11.7. The number of hydrogen-bond acceptors (Lipinski definition) is 2. The number of ether oxygens (including phenoxy) is 1. The molecule has 2 nitrogen and oxygen atoms in total. The van der Waals surface area contributed by atoms with E-state index in [4.69, 9.17) is 4.74 Å². The summed E-state index contributed by atoms with van der Waals surface area (Å²) in [5.74, 6) is 0.999. The molecular weight excluding hydrogens is 313 g/mol. The lowest BCUT2D eigenvalue weighted by Gasteiger charge is -2.36. The van der Waals surface area contributed by atoms with E-state index in [1.54, 1.807) is 0 Å². The highest BCUT2D eigenvalue weighted by molar-refractivity contribution is 14.1. The molecule has 0 unspecified atom stereocenters. The van der Waals surface area contributed by atoms with Gasteiger partial charge < -0.3 is 10.1 Å². The van der Waals surface area contributed by atoms with Crippen LogP contribution in [0.5, 0.6) is 5.75 Å². The Morgan fingerprint density at radius 1 is 1.31 bits per heavy atom. The highest BCUT2D eigenvalue weighted by Gasteiger charge is 2.29. The molecule has 0 heterocycles. The molecule has 0 radical (unpaired) electrons. The largest absolute Gasteiger partial charge is 0.490 e. The van der Waals surface area contributed by atoms with Crippen molar-refractivity contribution in [3.05, 3.63) is 27.8 Å². The number of halogens is 1. The normalized spacial score (nSPS) is 23.9. The van der Waals surface area contributed by atoms with E-state index in [2.05, 4.69) is 59.1 Å². The molecule has 1 saturated carbocycles. The van der Waals surface area contributed by atoms with Gasteiger partial charge in [-0.2, -0.15) is 0 Å². The molecule has 16 heavy (non-hydrogen) atoms. The Labute approximate surface area is 111 Å². The van der Waals surface area contributed by atoms with Gasteiger partial charge in [0.2, 0.25) is 0 Å². The predicted molar refractivity (Wildman–Crippen MR) is 74.9 cm³/mol. The third-order valence-corrected chi connectivity index (χ3v) is 3.61. The van der Waals surface area contributed by atoms with Crippen molar-refractivity contribution in [1.82, 2.24) is 5.32 Å². The third-order valence-electron chi connectivity index (χ3n) is 2.89. The van der Waals surface area contributed by atoms with Crippen LogP contribution in [0.15, 0.2) is 24.3 Å². The van der Waals surface area contributed by atoms with Crippen LogP contribution in [0.25, 0.3) is 0 Å². The molecule has 1 aliphatic rings. The Hall–Kier alpha value is -0.290. The standard InChI is InChI=1S/C13H18INO/c1-2-7-15-11-8-13(9-11)16-12-5-3-10(14)4-6-12/h3-6,11,13,15H,2,7-9H2,1H3. The van der Waals surface area contributed by atoms with Gasteiger partial charge in [-0.15, -0.1) is 0 Å². The topological polar surface area (TPSA) is 21.3 Å². The van der Waals surface area contributed by atoms with Crippen LogP contribution < -0.4 is 10.1 Å². The van der Waals surface area contributed by atoms with Crippen molar-refractivity contribution < 1.29 is 4.74 Å². The molecule has 1 aliphatic carbocycles. The van der Waals surface area contributed by atoms with Crippen LogP contribution in [-0.2, 0) is 0 Å². The van der Waals surface area contributed by atoms with E-state index >= 15 is 0 Å². The molecule has 0 saturated heterocycles. The van der Waals surface area contributed by atoms with Crippen LogP contribution >= 0.6 is 22.6 Å². The molecular formula is C13H18INO. The van der Waals surface area contributed by atoms with Crippen molar-refractivity contribution in [1.29, 1.82) is 0 Å². The number of rotatable bonds is 5. The summed E-state index contributed by atoms with van der Waals surface area (Å²) in [4.78, 5) is 0. The molecule has 0 bridgehead atoms. The molecule has 0 aromatic heterocycles. The van der Waals surface area contributed by atoms with E-state index in [-0.39, 0.29) is 0 Å². The molecule has 0 atom stereocenters. The van der Waals surface area contributed by atoms with Crippen LogP contribution in [0, 0.1) is 3.57 Å². The lowest BCUT2D eigenvalue weighted by Crippen LogP contribution is -2.46. The molecule has 3 heteroatoms. The highest BCUT2D eigenvalue weighted by atomic mass is 127. The van der Waals surface area contributed by atoms with Gasteiger partial charge in [-0.3, -0.25) is 0 Å². The zero-order valence-electron chi connectivity index (χ0n) is 9.58. The molecule has 1 aromatic rings. The molecule has 0 amide bonds. The fourth-order valence-electron chi connectivity index (χ4n) is 1.88. The summed E-state index contributed by atoms with van der Waals surface area (Å²) in [6.07, 6.45) is 3.91. The second-order valence-electron chi connectivity index (χ2n) is 4.32. The molecule has 2 rings (SSSR count). The van der Waals surface area contributed by atoms with Crippen molar-refractivity contribution >= 4 is 22.6 Å². The van der Waals surface area contributed by atoms with Crippen LogP contribution in [0.1, 0.15) is 26.2 Å². The van der Waals surface area contributed by atoms with Crippen LogP contribution in [0.3, 0.4) is 0 Å². The van der Waals surface area contributed by atoms with Gasteiger partial charge in [0.1, 0.15) is 11.9 Å². The molecule has 0 spiro atoms. The Bertz CT molecular complexity index is 319. The molecule has 1 aromatic carbocycles. The fourth-order valence-corrected chi connectivity index (χ4v) is 2.24. The summed E-state index contributed by atoms with van der Waals surface area (Å²) >= 11 is 2.31. The first-order valence-electron chi connectivity index (χ1n) is 5.93. The van der Waals surface area contributed by atoms with Gasteiger partial charge in [-0.05, 0) is 72.7 Å². The summed E-state index contributed by atoms with van der Waals surface area (Å²) in [7, 11) is 0. The summed E-state index contributed by atoms with van der Waals surface area (Å²) < 4.78 is 7.12. The molecule has 1 N–H and O–H groups in total. The van der Waals surface area contributed by atoms with Crippen LogP contribution in [-0.4, -0.2) is 18.7 Å². The summed E-state index contributed by atoms with van der Waals surface area (Å²) in [5.41, 5.74) is 0. The summed E-state index contributed by atoms with van der Waals surface area (Å²) in [6.45, 7) is 3.33. The Morgan fingerprint density at radius 2 is 2.00 bits per heavy atom. The summed E-state index contributed by atoms with van der Waals surface area (Å²) in [5, 5.41) is 3.51. The van der Waals surface area contributed by atoms with Gasteiger partial charge in [0.15, 0.2) is 0 Å². The van der Waals surface area contributed by atoms with E-state index in [0.29, 0.717) is 12.1 Å². The first-order valence-corrected chi connectivity index (χ1v) is 7.01. The van der Waals surface area contributed by atoms with E-state index < -0.39 is 0 Å². The van der Waals surface area contributed by atoms with Gasteiger partial charge >= 0.3 is 0 Å². The van der Waals surface area contributed by atoms with E-state index in [9.17, 15) is 0 Å². The van der Waals surface area contributed by atoms with Crippen molar-refractivity contribution in [2.24, 2.45) is 0 Å². The smallest absolute Gasteiger partial charge is 0.119 e. The van der Waals surface area contributed by atoms with Crippen LogP contribution in [0.4, 0.5) is 0 Å². The second-order valence-corrected chi connectivity index (χ2v) is 5.56. The average Bonchev–Trinajstić information content (AvgIpc) is 2.24. The quantitative estimate of drug-likeness (QED) is 0.837. The monoisotopic (exact) mass is 331 g/mol. The van der Waals surface area contributed by atoms with Gasteiger partial charge in [0, 0.05) is 9.61 Å². The zero-order chi connectivity index (χ0) is 11.4. The van der Waals surface area contributed by atoms with Gasteiger partial charge in [0.25, 0.3) is 0 Å². The first-order chi connectivity index (χ1) is 7.78. The number of nitrogens with one attached hydrogen (secondary N) is 1. The van der Waals surface area contributed by atoms with Crippen molar-refractivity contribution in [2.75, 3.05) is 6.54 Å². The molecule has 0 aliphatic heterocycles. The Balaban J connectivity index is 1.71. The Morgan fingerprint density at radius 3 is 2.62 bits per heavy atom. The summed E-state index contributed by atoms with van der Waals surface area (Å²) in [6, 6.07) is 8.94. The maximum atomic E-state index is 5.87. The maximum absolute atomic E-state index is 5.87. The third kappa shape index (κ3) is 3.35. The van der Waals surface area contributed by atoms with E-state index in [1.807, 2.05) is 0 Å². The van der Waals surface area contributed by atoms with Crippen molar-refractivity contribution in [3.8, 4) is 5.75 Å². The highest BCUT2D eigenvalue weighted by Crippen LogP contribution is 2.26. The number of hydrogen-bond donors (Lipinski definition) is 1. The van der Waals surface area contributed by atoms with Gasteiger partial charge in [-0.25, -0.2) is 0 Å². The van der Waals surface area contributed by atoms with Crippen molar-refractivity contribution in [3.63, 3.8) is 0 Å². The average molecular weight is 331 g/mol. The predicted octanol–water partition coefficient (Wildman–Crippen LogP) is 3.20. The van der Waals surface area contributed by atoms with E-state index in [1.165, 1.54) is 9.99 Å². The minimum atomic E-state index is 0.411. The lowest BCUT2D eigenvalue weighted by molar-refractivity contribution is 0.0852. The number of benzene rings is 1. The van der Waals surface area contributed by atoms with Crippen molar-refractivity contribution in [2.45, 2.75) is 38.3 Å². The van der Waals surface area contributed by atoms with Gasteiger partial charge in [-0.1, -0.05) is 6.92 Å². The molecule has 1 fully saturated rings. The van der Waals surface area contributed by atoms with Crippen LogP contribution in [0.2, 0.25) is 0 Å². The Kier molecular flexibility index (Phi) is 4.46. The first kappa shape index (κ1) is 12.2. The molecule has 88 valence electrons. The lowest BCUT2D eigenvalue weighted by atomic mass is 9.89. The van der Waals surface area contributed by atoms with Gasteiger partial charge in [0.05, 0.1) is 0 Å².